The molecule has 1 atom stereocenters. The maximum absolute atomic E-state index is 10.3. The van der Waals surface area contributed by atoms with Gasteiger partial charge in [0.05, 0.1) is 4.88 Å². The molecule has 0 spiro atoms. The second-order valence-corrected chi connectivity index (χ2v) is 5.74. The van der Waals surface area contributed by atoms with Crippen molar-refractivity contribution in [2.75, 3.05) is 13.2 Å². The summed E-state index contributed by atoms with van der Waals surface area (Å²) in [5, 5.41) is 12.3. The first kappa shape index (κ1) is 12.0. The van der Waals surface area contributed by atoms with Crippen LogP contribution in [0.25, 0.3) is 0 Å². The fourth-order valence-electron chi connectivity index (χ4n) is 1.88. The van der Waals surface area contributed by atoms with Crippen molar-refractivity contribution in [3.8, 4) is 11.5 Å². The molecule has 0 aliphatic carbocycles. The minimum absolute atomic E-state index is 0.551. The summed E-state index contributed by atoms with van der Waals surface area (Å²) in [5.41, 5.74) is 0.808. The van der Waals surface area contributed by atoms with Crippen molar-refractivity contribution >= 4 is 27.3 Å². The molecule has 1 aromatic heterocycles. The number of thiophene rings is 1. The fraction of sp³-hybridized carbons (Fsp3) is 0.231. The Bertz CT molecular complexity index is 567. The molecule has 1 aliphatic rings. The van der Waals surface area contributed by atoms with E-state index in [1.807, 2.05) is 29.6 Å². The van der Waals surface area contributed by atoms with Gasteiger partial charge in [-0.2, -0.15) is 0 Å². The van der Waals surface area contributed by atoms with Crippen molar-refractivity contribution in [1.82, 2.24) is 0 Å². The van der Waals surface area contributed by atoms with Gasteiger partial charge in [0.25, 0.3) is 0 Å². The second kappa shape index (κ2) is 4.91. The molecular formula is C13H11BrO3S. The standard InChI is InChI=1S/C13H11BrO3S/c14-9-3-6-18-13(9)12(15)8-1-2-10-11(7-8)17-5-4-16-10/h1-3,6-7,12,15H,4-5H2. The number of aliphatic hydroxyl groups is 1. The minimum atomic E-state index is -0.643. The van der Waals surface area contributed by atoms with E-state index in [1.54, 1.807) is 0 Å². The monoisotopic (exact) mass is 326 g/mol. The molecule has 0 bridgehead atoms. The highest BCUT2D eigenvalue weighted by molar-refractivity contribution is 9.10. The fourth-order valence-corrected chi connectivity index (χ4v) is 3.48. The third-order valence-corrected chi connectivity index (χ3v) is 4.70. The van der Waals surface area contributed by atoms with Crippen molar-refractivity contribution in [2.45, 2.75) is 6.10 Å². The molecule has 1 aromatic carbocycles. The topological polar surface area (TPSA) is 38.7 Å². The third kappa shape index (κ3) is 2.13. The van der Waals surface area contributed by atoms with E-state index in [0.29, 0.717) is 19.0 Å². The lowest BCUT2D eigenvalue weighted by atomic mass is 10.1. The van der Waals surface area contributed by atoms with E-state index in [2.05, 4.69) is 15.9 Å². The highest BCUT2D eigenvalue weighted by Gasteiger charge is 2.18. The van der Waals surface area contributed by atoms with Gasteiger partial charge >= 0.3 is 0 Å². The van der Waals surface area contributed by atoms with Crippen molar-refractivity contribution in [3.63, 3.8) is 0 Å². The quantitative estimate of drug-likeness (QED) is 0.919. The lowest BCUT2D eigenvalue weighted by molar-refractivity contribution is 0.170. The predicted octanol–water partition coefficient (Wildman–Crippen LogP) is 3.36. The van der Waals surface area contributed by atoms with E-state index in [1.165, 1.54) is 11.3 Å². The molecule has 2 aromatic rings. The summed E-state index contributed by atoms with van der Waals surface area (Å²) >= 11 is 4.95. The van der Waals surface area contributed by atoms with Gasteiger partial charge in [0.2, 0.25) is 0 Å². The molecular weight excluding hydrogens is 316 g/mol. The molecule has 1 unspecified atom stereocenters. The van der Waals surface area contributed by atoms with Crippen LogP contribution in [0.15, 0.2) is 34.1 Å². The number of benzene rings is 1. The summed E-state index contributed by atoms with van der Waals surface area (Å²) in [5.74, 6) is 1.44. The molecule has 0 saturated heterocycles. The van der Waals surface area contributed by atoms with E-state index in [9.17, 15) is 5.11 Å². The van der Waals surface area contributed by atoms with Gasteiger partial charge < -0.3 is 14.6 Å². The molecule has 0 radical (unpaired) electrons. The van der Waals surface area contributed by atoms with E-state index >= 15 is 0 Å². The lowest BCUT2D eigenvalue weighted by Crippen LogP contribution is -2.15. The predicted molar refractivity (Wildman–Crippen MR) is 73.5 cm³/mol. The molecule has 3 rings (SSSR count). The molecule has 1 N–H and O–H groups in total. The van der Waals surface area contributed by atoms with Crippen LogP contribution >= 0.6 is 27.3 Å². The van der Waals surface area contributed by atoms with Crippen molar-refractivity contribution in [2.24, 2.45) is 0 Å². The number of halogens is 1. The van der Waals surface area contributed by atoms with Gasteiger partial charge in [-0.25, -0.2) is 0 Å². The third-order valence-electron chi connectivity index (χ3n) is 2.78. The van der Waals surface area contributed by atoms with E-state index in [-0.39, 0.29) is 0 Å². The first-order chi connectivity index (χ1) is 8.75. The Balaban J connectivity index is 1.95. The molecule has 0 amide bonds. The van der Waals surface area contributed by atoms with Gasteiger partial charge in [0, 0.05) is 4.47 Å². The van der Waals surface area contributed by atoms with Crippen LogP contribution < -0.4 is 9.47 Å². The Hall–Kier alpha value is -1.04. The van der Waals surface area contributed by atoms with Gasteiger partial charge in [-0.05, 0) is 45.1 Å². The summed E-state index contributed by atoms with van der Waals surface area (Å²) in [6.07, 6.45) is -0.643. The summed E-state index contributed by atoms with van der Waals surface area (Å²) in [6, 6.07) is 7.48. The minimum Gasteiger partial charge on any atom is -0.486 e. The summed E-state index contributed by atoms with van der Waals surface area (Å²) in [7, 11) is 0. The van der Waals surface area contributed by atoms with E-state index in [0.717, 1.165) is 20.7 Å². The van der Waals surface area contributed by atoms with Crippen LogP contribution in [0.1, 0.15) is 16.5 Å². The lowest BCUT2D eigenvalue weighted by Gasteiger charge is -2.20. The number of fused-ring (bicyclic) bond motifs is 1. The van der Waals surface area contributed by atoms with E-state index < -0.39 is 6.10 Å². The molecule has 0 fully saturated rings. The SMILES string of the molecule is OC(c1ccc2c(c1)OCCO2)c1sccc1Br. The smallest absolute Gasteiger partial charge is 0.161 e. The van der Waals surface area contributed by atoms with Crippen molar-refractivity contribution in [1.29, 1.82) is 0 Å². The van der Waals surface area contributed by atoms with Crippen LogP contribution in [-0.2, 0) is 0 Å². The molecule has 5 heteroatoms. The Labute approximate surface area is 117 Å². The summed E-state index contributed by atoms with van der Waals surface area (Å²) < 4.78 is 11.9. The summed E-state index contributed by atoms with van der Waals surface area (Å²) in [6.45, 7) is 1.13. The number of hydrogen-bond donors (Lipinski definition) is 1. The number of aliphatic hydroxyl groups excluding tert-OH is 1. The number of hydrogen-bond acceptors (Lipinski definition) is 4. The Morgan fingerprint density at radius 2 is 1.94 bits per heavy atom. The first-order valence-corrected chi connectivity index (χ1v) is 7.23. The Morgan fingerprint density at radius 3 is 2.67 bits per heavy atom. The zero-order valence-electron chi connectivity index (χ0n) is 9.43. The maximum Gasteiger partial charge on any atom is 0.161 e. The van der Waals surface area contributed by atoms with Gasteiger partial charge in [-0.15, -0.1) is 11.3 Å². The van der Waals surface area contributed by atoms with Gasteiger partial charge in [-0.3, -0.25) is 0 Å². The Kier molecular flexibility index (Phi) is 3.28. The van der Waals surface area contributed by atoms with E-state index in [4.69, 9.17) is 9.47 Å². The normalized spacial score (nSPS) is 15.4. The molecule has 18 heavy (non-hydrogen) atoms. The number of rotatable bonds is 2. The molecule has 3 nitrogen and oxygen atoms in total. The van der Waals surface area contributed by atoms with Crippen LogP contribution in [0.2, 0.25) is 0 Å². The highest BCUT2D eigenvalue weighted by Crippen LogP contribution is 2.37. The zero-order valence-corrected chi connectivity index (χ0v) is 11.8. The van der Waals surface area contributed by atoms with Crippen LogP contribution in [-0.4, -0.2) is 18.3 Å². The maximum atomic E-state index is 10.3. The average Bonchev–Trinajstić information content (AvgIpc) is 2.83. The van der Waals surface area contributed by atoms with Crippen molar-refractivity contribution in [3.05, 3.63) is 44.6 Å². The zero-order chi connectivity index (χ0) is 12.5. The summed E-state index contributed by atoms with van der Waals surface area (Å²) in [4.78, 5) is 0.895. The molecule has 94 valence electrons. The molecule has 1 aliphatic heterocycles. The van der Waals surface area contributed by atoms with Crippen LogP contribution in [0, 0.1) is 0 Å². The second-order valence-electron chi connectivity index (χ2n) is 3.94. The largest absolute Gasteiger partial charge is 0.486 e. The van der Waals surface area contributed by atoms with Gasteiger partial charge in [-0.1, -0.05) is 6.07 Å². The highest BCUT2D eigenvalue weighted by atomic mass is 79.9. The molecule has 2 heterocycles. The van der Waals surface area contributed by atoms with Crippen LogP contribution in [0.5, 0.6) is 11.5 Å². The van der Waals surface area contributed by atoms with Gasteiger partial charge in [0.1, 0.15) is 19.3 Å². The average molecular weight is 327 g/mol. The van der Waals surface area contributed by atoms with Crippen LogP contribution in [0.4, 0.5) is 0 Å². The van der Waals surface area contributed by atoms with Crippen molar-refractivity contribution < 1.29 is 14.6 Å². The molecule has 0 saturated carbocycles. The van der Waals surface area contributed by atoms with Gasteiger partial charge in [0.15, 0.2) is 11.5 Å². The first-order valence-electron chi connectivity index (χ1n) is 5.56. The number of ether oxygens (including phenoxy) is 2. The van der Waals surface area contributed by atoms with Crippen LogP contribution in [0.3, 0.4) is 0 Å². The Morgan fingerprint density at radius 1 is 1.17 bits per heavy atom.